The van der Waals surface area contributed by atoms with Gasteiger partial charge in [-0.05, 0) is 49.2 Å². The SMILES string of the molecule is Cc1ccc(Oc2ccc(Br)c(CBr)c2)c(C)c1. The van der Waals surface area contributed by atoms with Crippen LogP contribution >= 0.6 is 31.9 Å². The molecule has 3 heteroatoms. The Morgan fingerprint density at radius 1 is 1.06 bits per heavy atom. The van der Waals surface area contributed by atoms with Gasteiger partial charge in [0.25, 0.3) is 0 Å². The standard InChI is InChI=1S/C15H14Br2O/c1-10-3-6-15(11(2)7-10)18-13-4-5-14(17)12(8-13)9-16/h3-8H,9H2,1-2H3. The van der Waals surface area contributed by atoms with E-state index in [2.05, 4.69) is 57.8 Å². The zero-order valence-electron chi connectivity index (χ0n) is 10.3. The molecule has 0 unspecified atom stereocenters. The van der Waals surface area contributed by atoms with Gasteiger partial charge >= 0.3 is 0 Å². The van der Waals surface area contributed by atoms with Crippen molar-refractivity contribution in [2.24, 2.45) is 0 Å². The summed E-state index contributed by atoms with van der Waals surface area (Å²) in [7, 11) is 0. The lowest BCUT2D eigenvalue weighted by molar-refractivity contribution is 0.478. The molecule has 18 heavy (non-hydrogen) atoms. The van der Waals surface area contributed by atoms with Gasteiger partial charge in [-0.3, -0.25) is 0 Å². The molecule has 0 bridgehead atoms. The summed E-state index contributed by atoms with van der Waals surface area (Å²) in [5.41, 5.74) is 3.58. The Balaban J connectivity index is 2.28. The Hall–Kier alpha value is -0.800. The molecule has 0 aliphatic heterocycles. The lowest BCUT2D eigenvalue weighted by Gasteiger charge is -2.11. The molecule has 2 aromatic rings. The molecule has 94 valence electrons. The van der Waals surface area contributed by atoms with Gasteiger partial charge in [0.1, 0.15) is 11.5 Å². The average Bonchev–Trinajstić information content (AvgIpc) is 2.35. The molecule has 0 atom stereocenters. The summed E-state index contributed by atoms with van der Waals surface area (Å²) >= 11 is 6.98. The second kappa shape index (κ2) is 5.89. The zero-order chi connectivity index (χ0) is 13.1. The van der Waals surface area contributed by atoms with Gasteiger partial charge in [-0.25, -0.2) is 0 Å². The van der Waals surface area contributed by atoms with Crippen molar-refractivity contribution < 1.29 is 4.74 Å². The van der Waals surface area contributed by atoms with Crippen LogP contribution in [-0.2, 0) is 5.33 Å². The van der Waals surface area contributed by atoms with Gasteiger partial charge in [-0.2, -0.15) is 0 Å². The summed E-state index contributed by atoms with van der Waals surface area (Å²) < 4.78 is 7.01. The van der Waals surface area contributed by atoms with E-state index in [1.54, 1.807) is 0 Å². The highest BCUT2D eigenvalue weighted by atomic mass is 79.9. The fourth-order valence-corrected chi connectivity index (χ4v) is 2.98. The molecule has 0 aliphatic rings. The minimum atomic E-state index is 0.803. The summed E-state index contributed by atoms with van der Waals surface area (Å²) in [6.07, 6.45) is 0. The smallest absolute Gasteiger partial charge is 0.130 e. The van der Waals surface area contributed by atoms with Crippen LogP contribution in [0.15, 0.2) is 40.9 Å². The second-order valence-corrected chi connectivity index (χ2v) is 5.67. The van der Waals surface area contributed by atoms with Crippen LogP contribution in [0.2, 0.25) is 0 Å². The van der Waals surface area contributed by atoms with Gasteiger partial charge in [0, 0.05) is 9.80 Å². The van der Waals surface area contributed by atoms with Crippen LogP contribution in [0.4, 0.5) is 0 Å². The zero-order valence-corrected chi connectivity index (χ0v) is 13.5. The monoisotopic (exact) mass is 368 g/mol. The van der Waals surface area contributed by atoms with Crippen LogP contribution in [-0.4, -0.2) is 0 Å². The third-order valence-corrected chi connectivity index (χ3v) is 4.10. The molecular formula is C15H14Br2O. The molecule has 2 rings (SSSR count). The topological polar surface area (TPSA) is 9.23 Å². The van der Waals surface area contributed by atoms with Crippen LogP contribution in [0, 0.1) is 13.8 Å². The molecule has 0 radical (unpaired) electrons. The lowest BCUT2D eigenvalue weighted by Crippen LogP contribution is -1.90. The van der Waals surface area contributed by atoms with E-state index in [1.165, 1.54) is 11.1 Å². The Labute approximate surface area is 124 Å². The lowest BCUT2D eigenvalue weighted by atomic mass is 10.1. The van der Waals surface area contributed by atoms with Crippen molar-refractivity contribution in [2.75, 3.05) is 0 Å². The Morgan fingerprint density at radius 3 is 2.50 bits per heavy atom. The van der Waals surface area contributed by atoms with Crippen LogP contribution in [0.5, 0.6) is 11.5 Å². The van der Waals surface area contributed by atoms with Gasteiger partial charge in [-0.15, -0.1) is 0 Å². The molecule has 0 saturated heterocycles. The number of halogens is 2. The first-order valence-electron chi connectivity index (χ1n) is 5.69. The largest absolute Gasteiger partial charge is 0.457 e. The fraction of sp³-hybridized carbons (Fsp3) is 0.200. The first kappa shape index (κ1) is 13.6. The summed E-state index contributed by atoms with van der Waals surface area (Å²) in [4.78, 5) is 0. The third-order valence-electron chi connectivity index (χ3n) is 2.72. The summed E-state index contributed by atoms with van der Waals surface area (Å²) in [6.45, 7) is 4.14. The minimum Gasteiger partial charge on any atom is -0.457 e. The fourth-order valence-electron chi connectivity index (χ4n) is 1.76. The number of hydrogen-bond acceptors (Lipinski definition) is 1. The predicted molar refractivity (Wildman–Crippen MR) is 82.8 cm³/mol. The van der Waals surface area contributed by atoms with Crippen LogP contribution in [0.25, 0.3) is 0 Å². The molecule has 0 amide bonds. The molecule has 0 spiro atoms. The van der Waals surface area contributed by atoms with E-state index in [4.69, 9.17) is 4.74 Å². The maximum absolute atomic E-state index is 5.92. The molecule has 0 heterocycles. The average molecular weight is 370 g/mol. The van der Waals surface area contributed by atoms with E-state index in [-0.39, 0.29) is 0 Å². The maximum atomic E-state index is 5.92. The number of aryl methyl sites for hydroxylation is 2. The van der Waals surface area contributed by atoms with E-state index in [1.807, 2.05) is 24.3 Å². The molecule has 0 saturated carbocycles. The summed E-state index contributed by atoms with van der Waals surface area (Å²) in [6, 6.07) is 12.2. The quantitative estimate of drug-likeness (QED) is 0.625. The molecular weight excluding hydrogens is 356 g/mol. The van der Waals surface area contributed by atoms with Crippen molar-refractivity contribution in [1.29, 1.82) is 0 Å². The van der Waals surface area contributed by atoms with Crippen LogP contribution < -0.4 is 4.74 Å². The predicted octanol–water partition coefficient (Wildman–Crippen LogP) is 5.75. The number of ether oxygens (including phenoxy) is 1. The molecule has 2 aromatic carbocycles. The Morgan fingerprint density at radius 2 is 1.83 bits per heavy atom. The van der Waals surface area contributed by atoms with Gasteiger partial charge in [0.05, 0.1) is 0 Å². The van der Waals surface area contributed by atoms with Gasteiger partial charge in [-0.1, -0.05) is 49.6 Å². The third kappa shape index (κ3) is 3.15. The van der Waals surface area contributed by atoms with Gasteiger partial charge in [0.2, 0.25) is 0 Å². The number of hydrogen-bond donors (Lipinski definition) is 0. The van der Waals surface area contributed by atoms with Crippen molar-refractivity contribution >= 4 is 31.9 Å². The highest BCUT2D eigenvalue weighted by Gasteiger charge is 2.04. The Kier molecular flexibility index (Phi) is 4.46. The highest BCUT2D eigenvalue weighted by Crippen LogP contribution is 2.29. The molecule has 0 aromatic heterocycles. The van der Waals surface area contributed by atoms with Crippen molar-refractivity contribution in [3.8, 4) is 11.5 Å². The van der Waals surface area contributed by atoms with E-state index in [0.29, 0.717) is 0 Å². The summed E-state index contributed by atoms with van der Waals surface area (Å²) in [5, 5.41) is 0.803. The Bertz CT molecular complexity index is 564. The number of rotatable bonds is 3. The normalized spacial score (nSPS) is 10.4. The van der Waals surface area contributed by atoms with E-state index in [0.717, 1.165) is 26.9 Å². The second-order valence-electron chi connectivity index (χ2n) is 4.26. The van der Waals surface area contributed by atoms with Crippen LogP contribution in [0.1, 0.15) is 16.7 Å². The molecule has 0 fully saturated rings. The highest BCUT2D eigenvalue weighted by molar-refractivity contribution is 9.10. The van der Waals surface area contributed by atoms with Crippen LogP contribution in [0.3, 0.4) is 0 Å². The first-order chi connectivity index (χ1) is 8.60. The van der Waals surface area contributed by atoms with Crippen molar-refractivity contribution in [1.82, 2.24) is 0 Å². The van der Waals surface area contributed by atoms with Gasteiger partial charge < -0.3 is 4.74 Å². The van der Waals surface area contributed by atoms with Crippen molar-refractivity contribution in [2.45, 2.75) is 19.2 Å². The van der Waals surface area contributed by atoms with Gasteiger partial charge in [0.15, 0.2) is 0 Å². The van der Waals surface area contributed by atoms with E-state index < -0.39 is 0 Å². The number of alkyl halides is 1. The molecule has 1 nitrogen and oxygen atoms in total. The van der Waals surface area contributed by atoms with Crippen molar-refractivity contribution in [3.63, 3.8) is 0 Å². The summed E-state index contributed by atoms with van der Waals surface area (Å²) in [5.74, 6) is 1.77. The maximum Gasteiger partial charge on any atom is 0.130 e. The van der Waals surface area contributed by atoms with E-state index >= 15 is 0 Å². The molecule has 0 N–H and O–H groups in total. The van der Waals surface area contributed by atoms with Crippen molar-refractivity contribution in [3.05, 3.63) is 57.6 Å². The van der Waals surface area contributed by atoms with E-state index in [9.17, 15) is 0 Å². The first-order valence-corrected chi connectivity index (χ1v) is 7.61. The minimum absolute atomic E-state index is 0.803. The molecule has 0 aliphatic carbocycles. The number of benzene rings is 2.